The fraction of sp³-hybridized carbons (Fsp3) is 0.633. The molecule has 0 radical (unpaired) electrons. The van der Waals surface area contributed by atoms with Crippen molar-refractivity contribution in [2.75, 3.05) is 13.2 Å². The van der Waals surface area contributed by atoms with Crippen LogP contribution in [-0.2, 0) is 25.5 Å². The maximum absolute atomic E-state index is 14.7. The van der Waals surface area contributed by atoms with E-state index in [-0.39, 0.29) is 24.5 Å². The number of aliphatic hydroxyl groups excluding tert-OH is 1. The van der Waals surface area contributed by atoms with Gasteiger partial charge in [-0.2, -0.15) is 0 Å². The zero-order valence-electron chi connectivity index (χ0n) is 23.2. The molecule has 2 amide bonds. The van der Waals surface area contributed by atoms with Gasteiger partial charge in [0.15, 0.2) is 0 Å². The van der Waals surface area contributed by atoms with Crippen molar-refractivity contribution in [1.82, 2.24) is 9.80 Å². The molecule has 4 rings (SSSR count). The lowest BCUT2D eigenvalue weighted by Gasteiger charge is -2.46. The second-order valence-corrected chi connectivity index (χ2v) is 13.0. The van der Waals surface area contributed by atoms with E-state index in [2.05, 4.69) is 27.4 Å². The van der Waals surface area contributed by atoms with Crippen LogP contribution >= 0.6 is 0 Å². The monoisotopic (exact) mass is 526 g/mol. The molecule has 3 aliphatic rings. The summed E-state index contributed by atoms with van der Waals surface area (Å²) in [4.78, 5) is 44.4. The van der Waals surface area contributed by atoms with Crippen LogP contribution in [0.2, 0.25) is 0 Å². The Morgan fingerprint density at radius 3 is 2.45 bits per heavy atom. The van der Waals surface area contributed by atoms with Crippen LogP contribution in [0.1, 0.15) is 59.4 Å². The van der Waals surface area contributed by atoms with Crippen LogP contribution in [0.4, 0.5) is 0 Å². The fourth-order valence-electron chi connectivity index (χ4n) is 7.49. The molecule has 208 valence electrons. The lowest BCUT2D eigenvalue weighted by molar-refractivity contribution is -0.156. The molecule has 8 heteroatoms. The van der Waals surface area contributed by atoms with Gasteiger partial charge >= 0.3 is 5.97 Å². The molecule has 1 spiro atoms. The zero-order valence-corrected chi connectivity index (χ0v) is 23.2. The number of ether oxygens (including phenoxy) is 1. The van der Waals surface area contributed by atoms with E-state index in [1.54, 1.807) is 11.0 Å². The third-order valence-electron chi connectivity index (χ3n) is 8.45. The summed E-state index contributed by atoms with van der Waals surface area (Å²) in [5.41, 5.74) is -0.976. The van der Waals surface area contributed by atoms with Crippen LogP contribution in [0.3, 0.4) is 0 Å². The first kappa shape index (κ1) is 28.3. The van der Waals surface area contributed by atoms with Crippen LogP contribution in [0.25, 0.3) is 0 Å². The van der Waals surface area contributed by atoms with E-state index in [0.29, 0.717) is 25.7 Å². The highest BCUT2D eigenvalue weighted by molar-refractivity contribution is 5.98. The fourth-order valence-corrected chi connectivity index (χ4v) is 7.49. The minimum absolute atomic E-state index is 0.0765. The first-order valence-corrected chi connectivity index (χ1v) is 13.6. The Labute approximate surface area is 225 Å². The minimum atomic E-state index is -1.23. The summed E-state index contributed by atoms with van der Waals surface area (Å²) in [7, 11) is 0. The molecule has 8 nitrogen and oxygen atoms in total. The van der Waals surface area contributed by atoms with Crippen molar-refractivity contribution in [1.29, 1.82) is 0 Å². The normalized spacial score (nSPS) is 29.3. The highest BCUT2D eigenvalue weighted by Crippen LogP contribution is 2.59. The van der Waals surface area contributed by atoms with Gasteiger partial charge < -0.3 is 24.7 Å². The third-order valence-corrected chi connectivity index (χ3v) is 8.45. The lowest BCUT2D eigenvalue weighted by Crippen LogP contribution is -2.62. The van der Waals surface area contributed by atoms with Gasteiger partial charge in [-0.3, -0.25) is 14.4 Å². The average Bonchev–Trinajstić information content (AvgIpc) is 3.47. The minimum Gasteiger partial charge on any atom is -0.481 e. The number of carboxylic acid groups (broad SMARTS) is 1. The number of benzene rings is 1. The smallest absolute Gasteiger partial charge is 0.310 e. The molecule has 38 heavy (non-hydrogen) atoms. The summed E-state index contributed by atoms with van der Waals surface area (Å²) in [5.74, 6) is -3.76. The second kappa shape index (κ2) is 10.1. The molecule has 3 saturated heterocycles. The van der Waals surface area contributed by atoms with Crippen molar-refractivity contribution in [3.8, 4) is 0 Å². The van der Waals surface area contributed by atoms with Crippen molar-refractivity contribution in [3.05, 3.63) is 48.6 Å². The predicted molar refractivity (Wildman–Crippen MR) is 143 cm³/mol. The number of hydrogen-bond acceptors (Lipinski definition) is 5. The van der Waals surface area contributed by atoms with Gasteiger partial charge in [0.2, 0.25) is 11.8 Å². The number of aliphatic carboxylic acids is 1. The van der Waals surface area contributed by atoms with Crippen LogP contribution in [0, 0.1) is 17.3 Å². The van der Waals surface area contributed by atoms with Crippen LogP contribution in [-0.4, -0.2) is 80.3 Å². The quantitative estimate of drug-likeness (QED) is 0.453. The first-order chi connectivity index (χ1) is 17.8. The van der Waals surface area contributed by atoms with E-state index < -0.39 is 53.0 Å². The summed E-state index contributed by atoms with van der Waals surface area (Å²) < 4.78 is 6.38. The number of likely N-dealkylation sites (tertiary alicyclic amines) is 1. The molecule has 3 heterocycles. The lowest BCUT2D eigenvalue weighted by atomic mass is 9.70. The maximum Gasteiger partial charge on any atom is 0.310 e. The highest BCUT2D eigenvalue weighted by atomic mass is 16.5. The Bertz CT molecular complexity index is 1080. The number of carboxylic acids is 1. The average molecular weight is 527 g/mol. The van der Waals surface area contributed by atoms with Crippen molar-refractivity contribution in [2.45, 2.75) is 89.6 Å². The largest absolute Gasteiger partial charge is 0.481 e. The summed E-state index contributed by atoms with van der Waals surface area (Å²) in [5, 5.41) is 20.6. The molecule has 1 aromatic rings. The Morgan fingerprint density at radius 1 is 1.24 bits per heavy atom. The molecule has 1 aromatic carbocycles. The van der Waals surface area contributed by atoms with Gasteiger partial charge in [-0.05, 0) is 50.5 Å². The van der Waals surface area contributed by atoms with Gasteiger partial charge in [-0.15, -0.1) is 6.58 Å². The number of fused-ring (bicyclic) bond motifs is 1. The molecule has 0 saturated carbocycles. The molecule has 0 aromatic heterocycles. The molecule has 3 aliphatic heterocycles. The maximum atomic E-state index is 14.7. The van der Waals surface area contributed by atoms with E-state index in [1.165, 1.54) is 4.90 Å². The Morgan fingerprint density at radius 2 is 1.89 bits per heavy atom. The van der Waals surface area contributed by atoms with Gasteiger partial charge in [-0.1, -0.05) is 57.2 Å². The molecular weight excluding hydrogens is 484 g/mol. The SMILES string of the molecule is C=CCN(C(=O)[C@H]1N([C@@H](CO)Cc2ccccc2)C(=O)[C@@H]2[C@@H](C(=O)O)[C@H]3CC[C@]21O3)C(C)(C)CC(C)(C)C. The van der Waals surface area contributed by atoms with Crippen molar-refractivity contribution >= 4 is 17.8 Å². The van der Waals surface area contributed by atoms with Crippen LogP contribution < -0.4 is 0 Å². The number of rotatable bonds is 10. The number of aliphatic hydroxyl groups is 1. The van der Waals surface area contributed by atoms with Gasteiger partial charge in [-0.25, -0.2) is 0 Å². The standard InChI is InChI=1S/C30H42N2O6/c1-7-15-31(29(5,6)18-28(2,3)4)26(35)24-30-14-13-21(38-30)22(27(36)37)23(30)25(34)32(24)20(17-33)16-19-11-9-8-10-12-19/h7-12,20-24,33H,1,13-18H2,2-6H3,(H,36,37)/t20-,21-,22+,23+,24-,30+/m1/s1. The van der Waals surface area contributed by atoms with E-state index >= 15 is 0 Å². The number of carbonyl (C=O) groups is 3. The van der Waals surface area contributed by atoms with E-state index in [4.69, 9.17) is 4.74 Å². The zero-order chi connectivity index (χ0) is 28.0. The third kappa shape index (κ3) is 4.77. The Kier molecular flexibility index (Phi) is 7.53. The molecule has 6 atom stereocenters. The predicted octanol–water partition coefficient (Wildman–Crippen LogP) is 3.28. The van der Waals surface area contributed by atoms with Gasteiger partial charge in [0, 0.05) is 12.1 Å². The first-order valence-electron chi connectivity index (χ1n) is 13.6. The summed E-state index contributed by atoms with van der Waals surface area (Å²) >= 11 is 0. The topological polar surface area (TPSA) is 107 Å². The Balaban J connectivity index is 1.81. The molecule has 0 unspecified atom stereocenters. The number of amides is 2. The van der Waals surface area contributed by atoms with E-state index in [9.17, 15) is 24.6 Å². The summed E-state index contributed by atoms with van der Waals surface area (Å²) in [6, 6.07) is 7.76. The Hall–Kier alpha value is -2.71. The number of nitrogens with zero attached hydrogens (tertiary/aromatic N) is 2. The summed E-state index contributed by atoms with van der Waals surface area (Å²) in [6.45, 7) is 14.2. The molecule has 2 bridgehead atoms. The molecule has 0 aliphatic carbocycles. The molecule has 3 fully saturated rings. The van der Waals surface area contributed by atoms with Crippen LogP contribution in [0.15, 0.2) is 43.0 Å². The van der Waals surface area contributed by atoms with Gasteiger partial charge in [0.25, 0.3) is 0 Å². The van der Waals surface area contributed by atoms with Crippen molar-refractivity contribution in [2.24, 2.45) is 17.3 Å². The highest BCUT2D eigenvalue weighted by Gasteiger charge is 2.75. The molecular formula is C30H42N2O6. The summed E-state index contributed by atoms with van der Waals surface area (Å²) in [6.07, 6.45) is 3.02. The van der Waals surface area contributed by atoms with Crippen LogP contribution in [0.5, 0.6) is 0 Å². The second-order valence-electron chi connectivity index (χ2n) is 13.0. The van der Waals surface area contributed by atoms with Gasteiger partial charge in [0.05, 0.1) is 30.6 Å². The van der Waals surface area contributed by atoms with Gasteiger partial charge in [0.1, 0.15) is 11.6 Å². The molecule has 2 N–H and O–H groups in total. The van der Waals surface area contributed by atoms with E-state index in [0.717, 1.165) is 5.56 Å². The van der Waals surface area contributed by atoms with E-state index in [1.807, 2.05) is 44.2 Å². The van der Waals surface area contributed by atoms with Crippen molar-refractivity contribution in [3.63, 3.8) is 0 Å². The van der Waals surface area contributed by atoms with Crippen molar-refractivity contribution < 1.29 is 29.3 Å². The number of carbonyl (C=O) groups excluding carboxylic acids is 2. The number of hydrogen-bond donors (Lipinski definition) is 2.